The fourth-order valence-electron chi connectivity index (χ4n) is 2.54. The first-order valence-electron chi connectivity index (χ1n) is 7.16. The summed E-state index contributed by atoms with van der Waals surface area (Å²) in [5.74, 6) is -4.79. The van der Waals surface area contributed by atoms with Crippen LogP contribution in [0.4, 0.5) is 0 Å². The quantitative estimate of drug-likeness (QED) is 0.373. The van der Waals surface area contributed by atoms with Crippen molar-refractivity contribution < 1.29 is 35.4 Å². The molecular formula is C17H18O7. The Morgan fingerprint density at radius 3 is 1.25 bits per heavy atom. The fraction of sp³-hybridized carbons (Fsp3) is 0.235. The minimum atomic E-state index is -0.859. The molecule has 0 aliphatic heterocycles. The van der Waals surface area contributed by atoms with Gasteiger partial charge in [-0.2, -0.15) is 0 Å². The number of carbonyl (C=O) groups excluding carboxylic acids is 1. The Kier molecular flexibility index (Phi) is 4.45. The molecule has 6 N–H and O–H groups in total. The van der Waals surface area contributed by atoms with Crippen molar-refractivity contribution in [3.63, 3.8) is 0 Å². The molecule has 0 spiro atoms. The number of ketones is 1. The molecule has 2 aromatic rings. The molecule has 7 nitrogen and oxygen atoms in total. The van der Waals surface area contributed by atoms with Crippen molar-refractivity contribution in [3.05, 3.63) is 35.4 Å². The SMILES string of the molecule is CC(C(=O)C(C)c1cc(O)c(O)cc1O)c1cc(O)c(O)cc1O. The molecule has 24 heavy (non-hydrogen) atoms. The molecule has 128 valence electrons. The summed E-state index contributed by atoms with van der Waals surface area (Å²) in [6.45, 7) is 3.00. The fourth-order valence-corrected chi connectivity index (χ4v) is 2.54. The molecule has 2 rings (SSSR count). The Labute approximate surface area is 137 Å². The summed E-state index contributed by atoms with van der Waals surface area (Å²) < 4.78 is 0. The van der Waals surface area contributed by atoms with E-state index in [2.05, 4.69) is 0 Å². The maximum atomic E-state index is 12.6. The smallest absolute Gasteiger partial charge is 0.161 e. The molecule has 0 radical (unpaired) electrons. The van der Waals surface area contributed by atoms with Crippen LogP contribution < -0.4 is 0 Å². The topological polar surface area (TPSA) is 138 Å². The van der Waals surface area contributed by atoms with Crippen molar-refractivity contribution in [3.8, 4) is 34.5 Å². The number of aromatic hydroxyl groups is 6. The maximum absolute atomic E-state index is 12.6. The second-order valence-corrected chi connectivity index (χ2v) is 5.65. The van der Waals surface area contributed by atoms with Gasteiger partial charge in [0.2, 0.25) is 0 Å². The first-order valence-corrected chi connectivity index (χ1v) is 7.16. The highest BCUT2D eigenvalue weighted by atomic mass is 16.3. The molecule has 0 fully saturated rings. The van der Waals surface area contributed by atoms with E-state index in [1.54, 1.807) is 0 Å². The largest absolute Gasteiger partial charge is 0.508 e. The second kappa shape index (κ2) is 6.19. The van der Waals surface area contributed by atoms with E-state index >= 15 is 0 Å². The molecule has 0 amide bonds. The van der Waals surface area contributed by atoms with Crippen LogP contribution in [0.2, 0.25) is 0 Å². The summed E-state index contributed by atoms with van der Waals surface area (Å²) in [4.78, 5) is 12.6. The van der Waals surface area contributed by atoms with Crippen molar-refractivity contribution in [2.45, 2.75) is 25.7 Å². The lowest BCUT2D eigenvalue weighted by Gasteiger charge is -2.19. The van der Waals surface area contributed by atoms with Gasteiger partial charge in [0.05, 0.1) is 0 Å². The van der Waals surface area contributed by atoms with Crippen molar-refractivity contribution in [2.24, 2.45) is 0 Å². The third kappa shape index (κ3) is 3.01. The predicted octanol–water partition coefficient (Wildman–Crippen LogP) is 2.40. The van der Waals surface area contributed by atoms with Gasteiger partial charge in [0, 0.05) is 35.1 Å². The number of rotatable bonds is 4. The van der Waals surface area contributed by atoms with Crippen LogP contribution in [-0.4, -0.2) is 36.4 Å². The molecule has 0 heterocycles. The zero-order valence-electron chi connectivity index (χ0n) is 13.1. The van der Waals surface area contributed by atoms with Crippen molar-refractivity contribution in [2.75, 3.05) is 0 Å². The zero-order chi connectivity index (χ0) is 18.2. The molecule has 0 aromatic heterocycles. The lowest BCUT2D eigenvalue weighted by molar-refractivity contribution is -0.121. The lowest BCUT2D eigenvalue weighted by atomic mass is 9.85. The van der Waals surface area contributed by atoms with Crippen LogP contribution in [0.3, 0.4) is 0 Å². The minimum Gasteiger partial charge on any atom is -0.508 e. The molecule has 0 aliphatic carbocycles. The van der Waals surface area contributed by atoms with E-state index in [1.165, 1.54) is 13.8 Å². The van der Waals surface area contributed by atoms with Crippen LogP contribution in [0, 0.1) is 0 Å². The number of hydrogen-bond donors (Lipinski definition) is 6. The normalized spacial score (nSPS) is 13.4. The summed E-state index contributed by atoms with van der Waals surface area (Å²) >= 11 is 0. The first-order chi connectivity index (χ1) is 11.1. The van der Waals surface area contributed by atoms with Gasteiger partial charge in [0.25, 0.3) is 0 Å². The number of hydrogen-bond acceptors (Lipinski definition) is 7. The van der Waals surface area contributed by atoms with E-state index < -0.39 is 40.6 Å². The van der Waals surface area contributed by atoms with E-state index in [-0.39, 0.29) is 22.6 Å². The summed E-state index contributed by atoms with van der Waals surface area (Å²) in [6.07, 6.45) is 0. The van der Waals surface area contributed by atoms with Gasteiger partial charge in [-0.05, 0) is 12.1 Å². The monoisotopic (exact) mass is 334 g/mol. The van der Waals surface area contributed by atoms with Gasteiger partial charge in [-0.3, -0.25) is 4.79 Å². The van der Waals surface area contributed by atoms with Gasteiger partial charge < -0.3 is 30.6 Å². The van der Waals surface area contributed by atoms with Crippen LogP contribution in [-0.2, 0) is 4.79 Å². The van der Waals surface area contributed by atoms with E-state index in [0.717, 1.165) is 24.3 Å². The summed E-state index contributed by atoms with van der Waals surface area (Å²) in [7, 11) is 0. The predicted molar refractivity (Wildman–Crippen MR) is 84.7 cm³/mol. The highest BCUT2D eigenvalue weighted by Gasteiger charge is 2.28. The van der Waals surface area contributed by atoms with E-state index in [4.69, 9.17) is 0 Å². The van der Waals surface area contributed by atoms with Gasteiger partial charge >= 0.3 is 0 Å². The average Bonchev–Trinajstić information content (AvgIpc) is 2.52. The van der Waals surface area contributed by atoms with Gasteiger partial charge in [0.15, 0.2) is 23.0 Å². The van der Waals surface area contributed by atoms with Crippen LogP contribution >= 0.6 is 0 Å². The summed E-state index contributed by atoms with van der Waals surface area (Å²) in [5.41, 5.74) is 0.231. The van der Waals surface area contributed by atoms with Crippen molar-refractivity contribution in [1.82, 2.24) is 0 Å². The molecule has 0 saturated carbocycles. The molecule has 0 bridgehead atoms. The Hall–Kier alpha value is -3.09. The highest BCUT2D eigenvalue weighted by molar-refractivity contribution is 5.92. The van der Waals surface area contributed by atoms with Crippen LogP contribution in [0.25, 0.3) is 0 Å². The second-order valence-electron chi connectivity index (χ2n) is 5.65. The molecule has 2 atom stereocenters. The van der Waals surface area contributed by atoms with Gasteiger partial charge in [-0.25, -0.2) is 0 Å². The van der Waals surface area contributed by atoms with E-state index in [1.807, 2.05) is 0 Å². The van der Waals surface area contributed by atoms with Crippen molar-refractivity contribution >= 4 is 5.78 Å². The Bertz CT molecular complexity index is 733. The molecule has 0 aliphatic rings. The first kappa shape index (κ1) is 17.3. The number of carbonyl (C=O) groups is 1. The van der Waals surface area contributed by atoms with Crippen molar-refractivity contribution in [1.29, 1.82) is 0 Å². The number of Topliss-reactive ketones (excluding diaryl/α,β-unsaturated/α-hetero) is 1. The molecule has 0 saturated heterocycles. The molecule has 2 unspecified atom stereocenters. The molecule has 2 aromatic carbocycles. The standard InChI is InChI=1S/C17H18O7/c1-7(9-3-13(20)15(22)5-11(9)18)17(24)8(2)10-4-14(21)16(23)6-12(10)19/h3-8,18-23H,1-2H3. The molecular weight excluding hydrogens is 316 g/mol. The van der Waals surface area contributed by atoms with E-state index in [9.17, 15) is 35.4 Å². The van der Waals surface area contributed by atoms with E-state index in [0.29, 0.717) is 0 Å². The molecule has 7 heteroatoms. The maximum Gasteiger partial charge on any atom is 0.161 e. The zero-order valence-corrected chi connectivity index (χ0v) is 13.1. The number of phenols is 6. The van der Waals surface area contributed by atoms with Crippen LogP contribution in [0.5, 0.6) is 34.5 Å². The Morgan fingerprint density at radius 1 is 0.625 bits per heavy atom. The van der Waals surface area contributed by atoms with Crippen LogP contribution in [0.1, 0.15) is 36.8 Å². The van der Waals surface area contributed by atoms with Crippen LogP contribution in [0.15, 0.2) is 24.3 Å². The van der Waals surface area contributed by atoms with Gasteiger partial charge in [-0.15, -0.1) is 0 Å². The summed E-state index contributed by atoms with van der Waals surface area (Å²) in [5, 5.41) is 57.5. The van der Waals surface area contributed by atoms with Gasteiger partial charge in [0.1, 0.15) is 17.3 Å². The lowest BCUT2D eigenvalue weighted by Crippen LogP contribution is -2.17. The minimum absolute atomic E-state index is 0.115. The van der Waals surface area contributed by atoms with Gasteiger partial charge in [-0.1, -0.05) is 13.8 Å². The Morgan fingerprint density at radius 2 is 0.917 bits per heavy atom. The highest BCUT2D eigenvalue weighted by Crippen LogP contribution is 2.41. The average molecular weight is 334 g/mol. The Balaban J connectivity index is 2.38. The third-order valence-electron chi connectivity index (χ3n) is 4.03. The summed E-state index contributed by atoms with van der Waals surface area (Å²) in [6, 6.07) is 4.05. The number of phenolic OH excluding ortho intramolecular Hbond substituents is 6. The number of benzene rings is 2. The third-order valence-corrected chi connectivity index (χ3v) is 4.03.